The van der Waals surface area contributed by atoms with Gasteiger partial charge in [-0.25, -0.2) is 0 Å². The van der Waals surface area contributed by atoms with Crippen molar-refractivity contribution in [2.45, 2.75) is 26.6 Å². The first-order valence-electron chi connectivity index (χ1n) is 5.84. The summed E-state index contributed by atoms with van der Waals surface area (Å²) in [4.78, 5) is 11.9. The van der Waals surface area contributed by atoms with Crippen LogP contribution in [-0.4, -0.2) is 25.5 Å². The van der Waals surface area contributed by atoms with Crippen molar-refractivity contribution in [3.05, 3.63) is 34.9 Å². The molecular formula is C11H12ClF2N5O. The zero-order valence-electron chi connectivity index (χ0n) is 10.6. The number of carbonyl (C=O) groups excluding carboxylic acids is 1. The van der Waals surface area contributed by atoms with Crippen LogP contribution in [0.4, 0.5) is 8.78 Å². The molecule has 2 heterocycles. The molecule has 0 saturated carbocycles. The lowest BCUT2D eigenvalue weighted by molar-refractivity contribution is 0.0509. The third kappa shape index (κ3) is 2.79. The summed E-state index contributed by atoms with van der Waals surface area (Å²) < 4.78 is 27.2. The number of amides is 1. The van der Waals surface area contributed by atoms with Gasteiger partial charge in [-0.05, 0) is 13.0 Å². The molecule has 2 rings (SSSR count). The van der Waals surface area contributed by atoms with E-state index in [1.165, 1.54) is 12.3 Å². The maximum atomic E-state index is 12.6. The minimum absolute atomic E-state index is 0.0971. The summed E-state index contributed by atoms with van der Waals surface area (Å²) in [5.41, 5.74) is 0.407. The molecule has 0 bridgehead atoms. The molecule has 0 radical (unpaired) electrons. The van der Waals surface area contributed by atoms with Crippen molar-refractivity contribution < 1.29 is 13.6 Å². The van der Waals surface area contributed by atoms with Gasteiger partial charge < -0.3 is 5.32 Å². The molecule has 6 nitrogen and oxygen atoms in total. The van der Waals surface area contributed by atoms with Crippen molar-refractivity contribution in [3.8, 4) is 0 Å². The number of carbonyl (C=O) groups is 1. The van der Waals surface area contributed by atoms with E-state index in [1.807, 2.05) is 6.92 Å². The van der Waals surface area contributed by atoms with Gasteiger partial charge in [0.25, 0.3) is 5.91 Å². The van der Waals surface area contributed by atoms with E-state index in [2.05, 4.69) is 15.5 Å². The van der Waals surface area contributed by atoms with E-state index < -0.39 is 12.5 Å². The van der Waals surface area contributed by atoms with E-state index in [4.69, 9.17) is 11.6 Å². The molecule has 20 heavy (non-hydrogen) atoms. The highest BCUT2D eigenvalue weighted by Gasteiger charge is 2.18. The molecule has 108 valence electrons. The maximum absolute atomic E-state index is 12.6. The second-order valence-corrected chi connectivity index (χ2v) is 4.28. The van der Waals surface area contributed by atoms with E-state index in [0.717, 1.165) is 6.20 Å². The average Bonchev–Trinajstić information content (AvgIpc) is 3.02. The van der Waals surface area contributed by atoms with Crippen LogP contribution in [0.25, 0.3) is 0 Å². The SMILES string of the molecule is CCn1ncc(Cl)c1CNC(=O)c1ccnn1C(F)F. The first-order valence-corrected chi connectivity index (χ1v) is 6.22. The quantitative estimate of drug-likeness (QED) is 0.919. The van der Waals surface area contributed by atoms with Gasteiger partial charge in [-0.2, -0.15) is 23.7 Å². The fourth-order valence-electron chi connectivity index (χ4n) is 1.74. The van der Waals surface area contributed by atoms with Crippen LogP contribution >= 0.6 is 11.6 Å². The van der Waals surface area contributed by atoms with E-state index >= 15 is 0 Å². The lowest BCUT2D eigenvalue weighted by Crippen LogP contribution is -2.27. The number of aryl methyl sites for hydroxylation is 1. The van der Waals surface area contributed by atoms with Crippen molar-refractivity contribution in [2.75, 3.05) is 0 Å². The standard InChI is InChI=1S/C11H12ClF2N5O/c1-2-18-9(7(12)5-17-18)6-15-10(20)8-3-4-16-19(8)11(13)14/h3-5,11H,2,6H2,1H3,(H,15,20). The summed E-state index contributed by atoms with van der Waals surface area (Å²) in [5, 5.41) is 10.3. The summed E-state index contributed by atoms with van der Waals surface area (Å²) >= 11 is 5.94. The Kier molecular flexibility index (Phi) is 4.33. The third-order valence-corrected chi connectivity index (χ3v) is 3.02. The minimum Gasteiger partial charge on any atom is -0.345 e. The van der Waals surface area contributed by atoms with Gasteiger partial charge in [0.05, 0.1) is 23.5 Å². The Morgan fingerprint density at radius 3 is 2.90 bits per heavy atom. The molecule has 9 heteroatoms. The monoisotopic (exact) mass is 303 g/mol. The average molecular weight is 304 g/mol. The first-order chi connectivity index (χ1) is 9.54. The molecule has 0 aliphatic heterocycles. The molecule has 0 unspecified atom stereocenters. The summed E-state index contributed by atoms with van der Waals surface area (Å²) in [6.07, 6.45) is 2.61. The molecule has 0 spiro atoms. The number of nitrogens with one attached hydrogen (secondary N) is 1. The minimum atomic E-state index is -2.87. The van der Waals surface area contributed by atoms with Gasteiger partial charge in [0.2, 0.25) is 0 Å². The first kappa shape index (κ1) is 14.4. The van der Waals surface area contributed by atoms with Crippen LogP contribution in [0.3, 0.4) is 0 Å². The summed E-state index contributed by atoms with van der Waals surface area (Å²) in [5.74, 6) is -0.650. The van der Waals surface area contributed by atoms with Crippen molar-refractivity contribution in [2.24, 2.45) is 0 Å². The second kappa shape index (κ2) is 6.00. The molecule has 0 aliphatic rings. The van der Waals surface area contributed by atoms with Gasteiger partial charge in [-0.3, -0.25) is 9.48 Å². The molecular weight excluding hydrogens is 292 g/mol. The van der Waals surface area contributed by atoms with Crippen LogP contribution < -0.4 is 5.32 Å². The lowest BCUT2D eigenvalue weighted by Gasteiger charge is -2.09. The Morgan fingerprint density at radius 1 is 1.50 bits per heavy atom. The van der Waals surface area contributed by atoms with Crippen molar-refractivity contribution in [1.29, 1.82) is 0 Å². The highest BCUT2D eigenvalue weighted by molar-refractivity contribution is 6.31. The number of halogens is 3. The molecule has 0 saturated heterocycles. The van der Waals surface area contributed by atoms with E-state index in [0.29, 0.717) is 21.9 Å². The zero-order chi connectivity index (χ0) is 14.7. The van der Waals surface area contributed by atoms with Gasteiger partial charge >= 0.3 is 6.55 Å². The topological polar surface area (TPSA) is 64.7 Å². The lowest BCUT2D eigenvalue weighted by atomic mass is 10.3. The fourth-order valence-corrected chi connectivity index (χ4v) is 1.95. The van der Waals surface area contributed by atoms with E-state index in [9.17, 15) is 13.6 Å². The van der Waals surface area contributed by atoms with Crippen molar-refractivity contribution >= 4 is 17.5 Å². The largest absolute Gasteiger partial charge is 0.345 e. The summed E-state index contributed by atoms with van der Waals surface area (Å²) in [6.45, 7) is -0.302. The van der Waals surface area contributed by atoms with Gasteiger partial charge in [-0.15, -0.1) is 0 Å². The van der Waals surface area contributed by atoms with Crippen molar-refractivity contribution in [1.82, 2.24) is 24.9 Å². The Balaban J connectivity index is 2.09. The number of hydrogen-bond acceptors (Lipinski definition) is 3. The van der Waals surface area contributed by atoms with Crippen LogP contribution in [0.5, 0.6) is 0 Å². The summed E-state index contributed by atoms with van der Waals surface area (Å²) in [7, 11) is 0. The van der Waals surface area contributed by atoms with Crippen LogP contribution in [0.1, 0.15) is 29.7 Å². The third-order valence-electron chi connectivity index (χ3n) is 2.70. The van der Waals surface area contributed by atoms with Crippen LogP contribution in [-0.2, 0) is 13.1 Å². The molecule has 0 aliphatic carbocycles. The Morgan fingerprint density at radius 2 is 2.25 bits per heavy atom. The molecule has 1 N–H and O–H groups in total. The zero-order valence-corrected chi connectivity index (χ0v) is 11.3. The Hall–Kier alpha value is -1.96. The predicted octanol–water partition coefficient (Wildman–Crippen LogP) is 2.08. The van der Waals surface area contributed by atoms with Gasteiger partial charge in [-0.1, -0.05) is 11.6 Å². The molecule has 0 fully saturated rings. The number of nitrogens with zero attached hydrogens (tertiary/aromatic N) is 4. The van der Waals surface area contributed by atoms with Gasteiger partial charge in [0, 0.05) is 12.7 Å². The van der Waals surface area contributed by atoms with Crippen LogP contribution in [0, 0.1) is 0 Å². The molecule has 0 atom stereocenters. The fraction of sp³-hybridized carbons (Fsp3) is 0.364. The van der Waals surface area contributed by atoms with Crippen molar-refractivity contribution in [3.63, 3.8) is 0 Å². The van der Waals surface area contributed by atoms with Gasteiger partial charge in [0.1, 0.15) is 5.69 Å². The highest BCUT2D eigenvalue weighted by Crippen LogP contribution is 2.15. The number of rotatable bonds is 5. The molecule has 2 aromatic rings. The van der Waals surface area contributed by atoms with Gasteiger partial charge in [0.15, 0.2) is 0 Å². The number of hydrogen-bond donors (Lipinski definition) is 1. The smallest absolute Gasteiger partial charge is 0.333 e. The van der Waals surface area contributed by atoms with E-state index in [1.54, 1.807) is 4.68 Å². The highest BCUT2D eigenvalue weighted by atomic mass is 35.5. The van der Waals surface area contributed by atoms with E-state index in [-0.39, 0.29) is 12.2 Å². The molecule has 1 amide bonds. The Bertz CT molecular complexity index is 610. The number of aromatic nitrogens is 4. The number of alkyl halides is 2. The van der Waals surface area contributed by atoms with Crippen LogP contribution in [0.15, 0.2) is 18.5 Å². The maximum Gasteiger partial charge on any atom is 0.333 e. The predicted molar refractivity (Wildman–Crippen MR) is 67.6 cm³/mol. The normalized spacial score (nSPS) is 11.1. The molecule has 2 aromatic heterocycles. The Labute approximate surface area is 118 Å². The summed E-state index contributed by atoms with van der Waals surface area (Å²) in [6, 6.07) is 1.22. The molecule has 0 aromatic carbocycles. The second-order valence-electron chi connectivity index (χ2n) is 3.88. The van der Waals surface area contributed by atoms with Crippen LogP contribution in [0.2, 0.25) is 5.02 Å².